The smallest absolute Gasteiger partial charge is 0.870 e. The zero-order valence-corrected chi connectivity index (χ0v) is 66.6. The van der Waals surface area contributed by atoms with Crippen molar-refractivity contribution in [3.63, 3.8) is 0 Å². The number of unbranched alkanes of at least 4 members (excludes halogenated alkanes) is 4. The maximum Gasteiger partial charge on any atom is 1.00 e. The number of halogens is 2. The third-order valence-electron chi connectivity index (χ3n) is 10.3. The summed E-state index contributed by atoms with van der Waals surface area (Å²) in [6, 6.07) is 0. The molecule has 0 aromatic carbocycles. The molecule has 0 aromatic heterocycles. The Morgan fingerprint density at radius 3 is 1.27 bits per heavy atom. The Labute approximate surface area is 511 Å². The van der Waals surface area contributed by atoms with Crippen LogP contribution in [-0.2, 0) is 21.5 Å². The summed E-state index contributed by atoms with van der Waals surface area (Å²) in [6.07, 6.45) is 10.8. The Morgan fingerprint density at radius 2 is 1.00 bits per heavy atom. The molecule has 2 fully saturated rings. The van der Waals surface area contributed by atoms with Gasteiger partial charge in [0.25, 0.3) is 0 Å². The normalized spacial score (nSPS) is 16.2. The van der Waals surface area contributed by atoms with Crippen LogP contribution in [0.15, 0.2) is 0 Å². The molecule has 0 saturated carbocycles. The fraction of sp³-hybridized carbons (Fsp3) is 0.979. The first-order valence-corrected chi connectivity index (χ1v) is 58.1. The van der Waals surface area contributed by atoms with E-state index in [0.29, 0.717) is 31.8 Å². The monoisotopic (exact) mass is 1520 g/mol. The summed E-state index contributed by atoms with van der Waals surface area (Å²) >= 11 is -10.8. The van der Waals surface area contributed by atoms with Crippen molar-refractivity contribution in [1.29, 1.82) is 0 Å². The molecule has 2 aliphatic rings. The van der Waals surface area contributed by atoms with E-state index in [-0.39, 0.29) is 90.5 Å². The van der Waals surface area contributed by atoms with Crippen molar-refractivity contribution in [2.24, 2.45) is 0 Å². The fourth-order valence-electron chi connectivity index (χ4n) is 6.54. The number of rotatable bonds is 25. The van der Waals surface area contributed by atoms with Crippen molar-refractivity contribution in [3.05, 3.63) is 6.92 Å². The van der Waals surface area contributed by atoms with Crippen LogP contribution in [0.3, 0.4) is 0 Å². The van der Waals surface area contributed by atoms with E-state index in [1.165, 1.54) is 60.2 Å². The summed E-state index contributed by atoms with van der Waals surface area (Å²) in [5.74, 6) is 0. The van der Waals surface area contributed by atoms with Crippen LogP contribution in [0.1, 0.15) is 121 Å². The molecule has 0 amide bonds. The van der Waals surface area contributed by atoms with Gasteiger partial charge in [-0.1, -0.05) is 0 Å². The SMILES string of the molecule is CC(C)[O][Sn]([CH3])([CH3])[O]C(C)C.CC(C)[O][Sn]1([CH3])[O]CCN(C)CC[O]1.CCC[CH2][Sn]([Cl])([Cl])[CH2]CCC.CCC[CH2][Sn]1([CH2]CCC)[O]CCN(C)CC[O]1.CN(CCO)CCO.[CH2-]CN(C)CC[O-].[Na+].[Na+].[OH-]. The van der Waals surface area contributed by atoms with Crippen molar-refractivity contribution in [2.45, 2.75) is 171 Å². The molecule has 0 atom stereocenters. The van der Waals surface area contributed by atoms with Gasteiger partial charge in [0, 0.05) is 13.1 Å². The number of aliphatic hydroxyl groups excluding tert-OH is 2. The molecule has 23 heteroatoms. The van der Waals surface area contributed by atoms with Crippen LogP contribution in [0, 0.1) is 6.92 Å². The van der Waals surface area contributed by atoms with Crippen LogP contribution in [-0.4, -0.2) is 255 Å². The molecule has 15 nitrogen and oxygen atoms in total. The van der Waals surface area contributed by atoms with Crippen molar-refractivity contribution < 1.29 is 101 Å². The number of nitrogens with zero attached hydrogens (tertiary/aromatic N) is 4. The third kappa shape index (κ3) is 64.2. The van der Waals surface area contributed by atoms with Gasteiger partial charge in [0.05, 0.1) is 13.2 Å². The van der Waals surface area contributed by atoms with Crippen LogP contribution in [0.4, 0.5) is 0 Å². The van der Waals surface area contributed by atoms with Crippen molar-refractivity contribution in [2.75, 3.05) is 127 Å². The second-order valence-corrected chi connectivity index (χ2v) is 64.2. The molecule has 2 aliphatic heterocycles. The van der Waals surface area contributed by atoms with Gasteiger partial charge in [-0.3, -0.25) is 0 Å². The minimum absolute atomic E-state index is 0. The summed E-state index contributed by atoms with van der Waals surface area (Å²) in [5, 5.41) is 26.5. The van der Waals surface area contributed by atoms with Gasteiger partial charge < -0.3 is 37.5 Å². The van der Waals surface area contributed by atoms with Gasteiger partial charge in [0.15, 0.2) is 0 Å². The van der Waals surface area contributed by atoms with Gasteiger partial charge in [-0.25, -0.2) is 0 Å². The van der Waals surface area contributed by atoms with E-state index in [1.54, 1.807) is 0 Å². The van der Waals surface area contributed by atoms with Crippen molar-refractivity contribution in [1.82, 2.24) is 19.6 Å². The average Bonchev–Trinajstić information content (AvgIpc) is 3.22. The standard InChI is InChI=1S/C5H13NO2.2C5H11NO2.C5H11NO.4C4H9.3C3H7O.3CH3.2ClH.2Na.H2O.4Sn/c3*1-6(2-4-7)3-5-8;1-3-6(2)4-5-7;4*1-3-4-2;3*1-3(2)4;;;;;;;;;;;;/h7-8H,2-5H2,1H3;2*2-5H2,1H3;1,3-5H2,2H3;4*1,3-4H2,2H3;3*3H,1-2H3;3*1H3;2*1H;;;1H2;;;;/q;3*-2;;;;;3*-1;;;;;;2*+1;;3*+2;+3/p-3. The van der Waals surface area contributed by atoms with E-state index in [4.69, 9.17) is 49.6 Å². The molecule has 2 rings (SSSR count). The van der Waals surface area contributed by atoms with E-state index in [1.807, 2.05) is 42.7 Å². The molecule has 0 spiro atoms. The Hall–Kier alpha value is 5.17. The first kappa shape index (κ1) is 90.0. The Balaban J connectivity index is -0.000000141. The van der Waals surface area contributed by atoms with Crippen LogP contribution in [0.25, 0.3) is 0 Å². The van der Waals surface area contributed by atoms with Crippen LogP contribution in [0.2, 0.25) is 32.6 Å². The molecular formula is C48H113Cl2N4Na2O11Sn4-. The first-order valence-electron chi connectivity index (χ1n) is 26.1. The van der Waals surface area contributed by atoms with Gasteiger partial charge in [-0.05, 0) is 20.6 Å². The van der Waals surface area contributed by atoms with Gasteiger partial charge in [-0.2, -0.15) is 0 Å². The number of likely N-dealkylation sites (N-methyl/N-ethyl adjacent to an activating group) is 4. The molecule has 0 unspecified atom stereocenters. The van der Waals surface area contributed by atoms with Crippen LogP contribution < -0.4 is 64.2 Å². The minimum Gasteiger partial charge on any atom is -0.870 e. The molecule has 0 bridgehead atoms. The van der Waals surface area contributed by atoms with Crippen LogP contribution >= 0.6 is 17.8 Å². The van der Waals surface area contributed by atoms with Gasteiger partial charge in [0.2, 0.25) is 0 Å². The molecule has 0 radical (unpaired) electrons. The second-order valence-electron chi connectivity index (χ2n) is 19.2. The van der Waals surface area contributed by atoms with E-state index in [9.17, 15) is 5.11 Å². The quantitative estimate of drug-likeness (QED) is 0.101. The first-order chi connectivity index (χ1) is 31.8. The molecule has 2 saturated heterocycles. The molecular weight excluding hydrogens is 1400 g/mol. The largest absolute Gasteiger partial charge is 1.00 e. The summed E-state index contributed by atoms with van der Waals surface area (Å²) in [4.78, 5) is 14.6. The molecule has 3 N–H and O–H groups in total. The minimum atomic E-state index is -3.09. The molecule has 0 aromatic rings. The van der Waals surface area contributed by atoms with Crippen molar-refractivity contribution in [3.8, 4) is 0 Å². The van der Waals surface area contributed by atoms with E-state index in [2.05, 4.69) is 96.1 Å². The second kappa shape index (κ2) is 58.4. The van der Waals surface area contributed by atoms with Gasteiger partial charge in [-0.15, -0.1) is 13.2 Å². The van der Waals surface area contributed by atoms with Crippen molar-refractivity contribution >= 4 is 92.0 Å². The summed E-state index contributed by atoms with van der Waals surface area (Å²) in [7, 11) is 20.5. The maximum absolute atomic E-state index is 9.83. The zero-order valence-electron chi connectivity index (χ0n) is 49.7. The number of hydrogen-bond donors (Lipinski definition) is 2. The predicted molar refractivity (Wildman–Crippen MR) is 300 cm³/mol. The van der Waals surface area contributed by atoms with E-state index >= 15 is 0 Å². The van der Waals surface area contributed by atoms with Gasteiger partial charge >= 0.3 is 421 Å². The van der Waals surface area contributed by atoms with Crippen LogP contribution in [0.5, 0.6) is 0 Å². The van der Waals surface area contributed by atoms with E-state index in [0.717, 1.165) is 68.0 Å². The molecule has 424 valence electrons. The third-order valence-corrected chi connectivity index (χ3v) is 44.7. The fourth-order valence-corrected chi connectivity index (χ4v) is 38.5. The Kier molecular flexibility index (Phi) is 74.0. The average molecular weight is 1510 g/mol. The van der Waals surface area contributed by atoms with Gasteiger partial charge in [0.1, 0.15) is 0 Å². The maximum atomic E-state index is 9.83. The zero-order chi connectivity index (χ0) is 53.1. The van der Waals surface area contributed by atoms with E-state index < -0.39 is 74.2 Å². The number of hydrogen-bond acceptors (Lipinski definition) is 15. The molecule has 71 heavy (non-hydrogen) atoms. The summed E-state index contributed by atoms with van der Waals surface area (Å²) in [6.45, 7) is 35.0. The topological polar surface area (TPSA) is 171 Å². The summed E-state index contributed by atoms with van der Waals surface area (Å²) < 4.78 is 46.2. The Bertz CT molecular complexity index is 1030. The number of aliphatic hydroxyl groups is 2. The Morgan fingerprint density at radius 1 is 0.648 bits per heavy atom. The molecule has 2 heterocycles. The molecule has 0 aliphatic carbocycles. The summed E-state index contributed by atoms with van der Waals surface area (Å²) in [5.41, 5.74) is 0. The predicted octanol–water partition coefficient (Wildman–Crippen LogP) is 2.86.